The minimum atomic E-state index is -1.18. The molecule has 5 unspecified atom stereocenters. The molecule has 6 nitrogen and oxygen atoms in total. The molecule has 0 spiro atoms. The molecular weight excluding hydrogens is 390 g/mol. The van der Waals surface area contributed by atoms with Crippen LogP contribution in [0.15, 0.2) is 42.5 Å². The van der Waals surface area contributed by atoms with Crippen molar-refractivity contribution in [2.45, 2.75) is 51.1 Å². The van der Waals surface area contributed by atoms with Crippen molar-refractivity contribution in [1.82, 2.24) is 15.5 Å². The summed E-state index contributed by atoms with van der Waals surface area (Å²) in [5.41, 5.74) is -0.472. The lowest BCUT2D eigenvalue weighted by Gasteiger charge is -2.29. The van der Waals surface area contributed by atoms with Gasteiger partial charge in [0.05, 0.1) is 0 Å². The summed E-state index contributed by atoms with van der Waals surface area (Å²) < 4.78 is 0. The zero-order valence-electron chi connectivity index (χ0n) is 18.1. The summed E-state index contributed by atoms with van der Waals surface area (Å²) in [5.74, 6) is 1.35. The highest BCUT2D eigenvalue weighted by Gasteiger charge is 2.50. The minimum absolute atomic E-state index is 0.0652. The third-order valence-electron chi connectivity index (χ3n) is 7.73. The van der Waals surface area contributed by atoms with Gasteiger partial charge in [-0.3, -0.25) is 14.5 Å². The Kier molecular flexibility index (Phi) is 4.76. The van der Waals surface area contributed by atoms with Gasteiger partial charge in [-0.05, 0) is 73.3 Å². The maximum Gasteiger partial charge on any atom is 0.325 e. The highest BCUT2D eigenvalue weighted by Crippen LogP contribution is 2.49. The van der Waals surface area contributed by atoms with Crippen LogP contribution in [0.5, 0.6) is 0 Å². The van der Waals surface area contributed by atoms with Gasteiger partial charge in [-0.25, -0.2) is 4.79 Å². The van der Waals surface area contributed by atoms with Crippen LogP contribution in [0.3, 0.4) is 0 Å². The second kappa shape index (κ2) is 7.36. The van der Waals surface area contributed by atoms with Gasteiger partial charge in [0, 0.05) is 6.04 Å². The number of benzene rings is 2. The first-order valence-electron chi connectivity index (χ1n) is 11.3. The number of nitrogens with one attached hydrogen (secondary N) is 2. The zero-order valence-corrected chi connectivity index (χ0v) is 18.1. The van der Waals surface area contributed by atoms with Gasteiger partial charge in [-0.2, -0.15) is 0 Å². The molecule has 2 bridgehead atoms. The second-order valence-electron chi connectivity index (χ2n) is 9.70. The summed E-state index contributed by atoms with van der Waals surface area (Å²) in [5, 5.41) is 7.92. The van der Waals surface area contributed by atoms with E-state index in [2.05, 4.69) is 10.6 Å². The van der Waals surface area contributed by atoms with Crippen molar-refractivity contribution in [3.8, 4) is 0 Å². The standard InChI is InChI=1S/C25H29N3O3/c1-15(21-12-16-7-8-19(21)11-16)26-22(29)14-28-23(30)25(2,27-24(28)31)20-10-9-17-5-3-4-6-18(17)13-20/h3-6,9-10,13,15-16,19,21H,7-8,11-12,14H2,1-2H3,(H,26,29)(H,27,31). The maximum absolute atomic E-state index is 13.2. The van der Waals surface area contributed by atoms with Crippen LogP contribution in [-0.4, -0.2) is 35.3 Å². The molecule has 31 heavy (non-hydrogen) atoms. The maximum atomic E-state index is 13.2. The normalized spacial score (nSPS) is 30.6. The molecule has 0 radical (unpaired) electrons. The Morgan fingerprint density at radius 1 is 1.16 bits per heavy atom. The van der Waals surface area contributed by atoms with Crippen LogP contribution in [0.25, 0.3) is 10.8 Å². The number of imide groups is 1. The van der Waals surface area contributed by atoms with Gasteiger partial charge >= 0.3 is 6.03 Å². The molecule has 5 atom stereocenters. The van der Waals surface area contributed by atoms with Gasteiger partial charge in [0.2, 0.25) is 5.91 Å². The number of urea groups is 1. The third kappa shape index (κ3) is 3.38. The van der Waals surface area contributed by atoms with Crippen LogP contribution in [0.1, 0.15) is 45.1 Å². The van der Waals surface area contributed by atoms with E-state index in [0.29, 0.717) is 17.4 Å². The summed E-state index contributed by atoms with van der Waals surface area (Å²) in [7, 11) is 0. The number of fused-ring (bicyclic) bond motifs is 3. The number of hydrogen-bond donors (Lipinski definition) is 2. The molecule has 1 heterocycles. The van der Waals surface area contributed by atoms with E-state index < -0.39 is 17.5 Å². The lowest BCUT2D eigenvalue weighted by Crippen LogP contribution is -2.47. The first-order valence-corrected chi connectivity index (χ1v) is 11.3. The quantitative estimate of drug-likeness (QED) is 0.728. The predicted octanol–water partition coefficient (Wildman–Crippen LogP) is 3.55. The number of carbonyl (C=O) groups is 3. The van der Waals surface area contributed by atoms with Gasteiger partial charge in [-0.15, -0.1) is 0 Å². The lowest BCUT2D eigenvalue weighted by atomic mass is 9.84. The van der Waals surface area contributed by atoms with E-state index in [9.17, 15) is 14.4 Å². The summed E-state index contributed by atoms with van der Waals surface area (Å²) in [6.45, 7) is 3.50. The van der Waals surface area contributed by atoms with E-state index >= 15 is 0 Å². The molecule has 1 saturated heterocycles. The molecule has 2 saturated carbocycles. The van der Waals surface area contributed by atoms with Crippen LogP contribution in [0.4, 0.5) is 4.79 Å². The molecular formula is C25H29N3O3. The summed E-state index contributed by atoms with van der Waals surface area (Å²) >= 11 is 0. The Bertz CT molecular complexity index is 1070. The molecule has 162 valence electrons. The largest absolute Gasteiger partial charge is 0.352 e. The van der Waals surface area contributed by atoms with Crippen molar-refractivity contribution in [1.29, 1.82) is 0 Å². The topological polar surface area (TPSA) is 78.5 Å². The Labute approximate surface area is 182 Å². The summed E-state index contributed by atoms with van der Waals surface area (Å²) in [6, 6.07) is 13.2. The fourth-order valence-corrected chi connectivity index (χ4v) is 5.99. The van der Waals surface area contributed by atoms with Gasteiger partial charge in [-0.1, -0.05) is 42.8 Å². The summed E-state index contributed by atoms with van der Waals surface area (Å²) in [6.07, 6.45) is 5.03. The second-order valence-corrected chi connectivity index (χ2v) is 9.70. The van der Waals surface area contributed by atoms with Crippen LogP contribution in [0, 0.1) is 17.8 Å². The summed E-state index contributed by atoms with van der Waals surface area (Å²) in [4.78, 5) is 39.6. The third-order valence-corrected chi connectivity index (χ3v) is 7.73. The van der Waals surface area contributed by atoms with E-state index in [1.165, 1.54) is 25.7 Å². The van der Waals surface area contributed by atoms with E-state index in [4.69, 9.17) is 0 Å². The first-order chi connectivity index (χ1) is 14.8. The van der Waals surface area contributed by atoms with Crippen molar-refractivity contribution in [2.75, 3.05) is 6.54 Å². The number of amides is 4. The Morgan fingerprint density at radius 2 is 1.94 bits per heavy atom. The average molecular weight is 420 g/mol. The van der Waals surface area contributed by atoms with Gasteiger partial charge in [0.15, 0.2) is 0 Å². The van der Waals surface area contributed by atoms with Crippen molar-refractivity contribution in [3.05, 3.63) is 48.0 Å². The molecule has 2 aromatic rings. The van der Waals surface area contributed by atoms with Crippen LogP contribution < -0.4 is 10.6 Å². The molecule has 4 amide bonds. The van der Waals surface area contributed by atoms with Crippen molar-refractivity contribution in [2.24, 2.45) is 17.8 Å². The highest BCUT2D eigenvalue weighted by atomic mass is 16.2. The van der Waals surface area contributed by atoms with Crippen LogP contribution in [-0.2, 0) is 15.1 Å². The number of nitrogens with zero attached hydrogens (tertiary/aromatic N) is 1. The Hall–Kier alpha value is -2.89. The average Bonchev–Trinajstić information content (AvgIpc) is 3.45. The Morgan fingerprint density at radius 3 is 2.65 bits per heavy atom. The smallest absolute Gasteiger partial charge is 0.325 e. The molecule has 0 aromatic heterocycles. The molecule has 6 heteroatoms. The lowest BCUT2D eigenvalue weighted by molar-refractivity contribution is -0.135. The number of hydrogen-bond acceptors (Lipinski definition) is 3. The fraction of sp³-hybridized carbons (Fsp3) is 0.480. The number of rotatable bonds is 5. The van der Waals surface area contributed by atoms with Gasteiger partial charge in [0.25, 0.3) is 5.91 Å². The highest BCUT2D eigenvalue weighted by molar-refractivity contribution is 6.09. The monoisotopic (exact) mass is 419 g/mol. The fourth-order valence-electron chi connectivity index (χ4n) is 5.99. The predicted molar refractivity (Wildman–Crippen MR) is 118 cm³/mol. The molecule has 2 aliphatic carbocycles. The van der Waals surface area contributed by atoms with Crippen molar-refractivity contribution in [3.63, 3.8) is 0 Å². The molecule has 1 aliphatic heterocycles. The van der Waals surface area contributed by atoms with Crippen LogP contribution >= 0.6 is 0 Å². The van der Waals surface area contributed by atoms with E-state index in [1.54, 1.807) is 6.92 Å². The molecule has 3 fully saturated rings. The molecule has 2 N–H and O–H groups in total. The van der Waals surface area contributed by atoms with Crippen LogP contribution in [0.2, 0.25) is 0 Å². The van der Waals surface area contributed by atoms with E-state index in [-0.39, 0.29) is 18.5 Å². The molecule has 5 rings (SSSR count). The first kappa shape index (κ1) is 20.0. The van der Waals surface area contributed by atoms with Crippen molar-refractivity contribution < 1.29 is 14.4 Å². The van der Waals surface area contributed by atoms with Crippen molar-refractivity contribution >= 4 is 28.6 Å². The van der Waals surface area contributed by atoms with E-state index in [1.807, 2.05) is 49.4 Å². The molecule has 3 aliphatic rings. The SMILES string of the molecule is CC(NC(=O)CN1C(=O)NC(C)(c2ccc3ccccc3c2)C1=O)C1CC2CCC1C2. The minimum Gasteiger partial charge on any atom is -0.352 e. The van der Waals surface area contributed by atoms with Gasteiger partial charge in [0.1, 0.15) is 12.1 Å². The Balaban J connectivity index is 1.28. The van der Waals surface area contributed by atoms with E-state index in [0.717, 1.165) is 21.6 Å². The molecule has 2 aromatic carbocycles. The number of carbonyl (C=O) groups excluding carboxylic acids is 3. The zero-order chi connectivity index (χ0) is 21.8. The van der Waals surface area contributed by atoms with Gasteiger partial charge < -0.3 is 10.6 Å².